The van der Waals surface area contributed by atoms with E-state index >= 15 is 0 Å². The number of piperidine rings is 1. The average molecular weight is 385 g/mol. The van der Waals surface area contributed by atoms with E-state index in [1.54, 1.807) is 16.8 Å². The van der Waals surface area contributed by atoms with Crippen LogP contribution in [0.15, 0.2) is 24.3 Å². The van der Waals surface area contributed by atoms with Gasteiger partial charge in [-0.25, -0.2) is 4.79 Å². The first-order valence-electron chi connectivity index (χ1n) is 8.88. The van der Waals surface area contributed by atoms with Gasteiger partial charge in [0.05, 0.1) is 5.56 Å². The van der Waals surface area contributed by atoms with Gasteiger partial charge in [0.1, 0.15) is 17.9 Å². The number of alkyl halides is 3. The van der Waals surface area contributed by atoms with Crippen molar-refractivity contribution >= 4 is 11.9 Å². The highest BCUT2D eigenvalue weighted by Gasteiger charge is 2.33. The fraction of sp³-hybridized carbons (Fsp3) is 0.556. The highest BCUT2D eigenvalue weighted by atomic mass is 19.4. The number of nitrogens with one attached hydrogen (secondary N) is 1. The van der Waals surface area contributed by atoms with Gasteiger partial charge in [0.2, 0.25) is 5.91 Å². The van der Waals surface area contributed by atoms with Crippen LogP contribution in [0, 0.1) is 0 Å². The van der Waals surface area contributed by atoms with Crippen LogP contribution in [0.5, 0.6) is 5.75 Å². The third kappa shape index (κ3) is 4.64. The molecule has 6 nitrogen and oxygen atoms in total. The van der Waals surface area contributed by atoms with Crippen molar-refractivity contribution in [3.8, 4) is 5.75 Å². The normalized spacial score (nSPS) is 21.5. The van der Waals surface area contributed by atoms with Crippen LogP contribution >= 0.6 is 0 Å². The second kappa shape index (κ2) is 7.66. The van der Waals surface area contributed by atoms with Crippen molar-refractivity contribution in [1.29, 1.82) is 0 Å². The first-order chi connectivity index (χ1) is 12.7. The molecule has 2 aliphatic heterocycles. The maximum absolute atomic E-state index is 12.8. The third-order valence-electron chi connectivity index (χ3n) is 4.92. The molecule has 2 fully saturated rings. The Labute approximate surface area is 155 Å². The van der Waals surface area contributed by atoms with E-state index in [9.17, 15) is 22.8 Å². The second-order valence-corrected chi connectivity index (χ2v) is 6.88. The molecular weight excluding hydrogens is 363 g/mol. The van der Waals surface area contributed by atoms with Crippen molar-refractivity contribution in [2.24, 2.45) is 0 Å². The van der Waals surface area contributed by atoms with E-state index in [2.05, 4.69) is 5.32 Å². The number of ether oxygens (including phenoxy) is 1. The molecule has 0 spiro atoms. The van der Waals surface area contributed by atoms with Gasteiger partial charge in [0.15, 0.2) is 0 Å². The van der Waals surface area contributed by atoms with E-state index in [1.807, 2.05) is 0 Å². The smallest absolute Gasteiger partial charge is 0.416 e. The van der Waals surface area contributed by atoms with Crippen LogP contribution < -0.4 is 10.1 Å². The third-order valence-corrected chi connectivity index (χ3v) is 4.92. The van der Waals surface area contributed by atoms with Gasteiger partial charge in [-0.3, -0.25) is 4.79 Å². The molecule has 1 aromatic rings. The number of amides is 3. The van der Waals surface area contributed by atoms with Crippen molar-refractivity contribution in [3.63, 3.8) is 0 Å². The summed E-state index contributed by atoms with van der Waals surface area (Å²) in [6.07, 6.45) is -3.04. The zero-order valence-electron chi connectivity index (χ0n) is 15.0. The number of hydrogen-bond donors (Lipinski definition) is 1. The van der Waals surface area contributed by atoms with Crippen molar-refractivity contribution in [2.45, 2.75) is 37.6 Å². The van der Waals surface area contributed by atoms with Gasteiger partial charge < -0.3 is 19.9 Å². The number of carbonyl (C=O) groups excluding carboxylic acids is 2. The molecule has 0 aromatic heterocycles. The Kier molecular flexibility index (Phi) is 5.48. The van der Waals surface area contributed by atoms with E-state index in [0.29, 0.717) is 38.9 Å². The van der Waals surface area contributed by atoms with Gasteiger partial charge in [-0.15, -0.1) is 0 Å². The van der Waals surface area contributed by atoms with Crippen LogP contribution in [0.3, 0.4) is 0 Å². The maximum Gasteiger partial charge on any atom is 0.416 e. The molecular formula is C18H22F3N3O3. The number of carbonyl (C=O) groups is 2. The Morgan fingerprint density at radius 1 is 1.19 bits per heavy atom. The number of halogens is 3. The Bertz CT molecular complexity index is 703. The molecule has 0 aliphatic carbocycles. The summed E-state index contributed by atoms with van der Waals surface area (Å²) in [7, 11) is 1.70. The lowest BCUT2D eigenvalue weighted by Crippen LogP contribution is -2.50. The van der Waals surface area contributed by atoms with Crippen LogP contribution in [-0.4, -0.2) is 60.6 Å². The SMILES string of the molecule is CN1CC[C@H](NC(=O)N2CCC(Oc3cccc(C(F)(F)F)c3)CC2)C1=O. The molecule has 2 aliphatic rings. The van der Waals surface area contributed by atoms with Gasteiger partial charge in [-0.1, -0.05) is 6.07 Å². The molecule has 2 saturated heterocycles. The predicted octanol–water partition coefficient (Wildman–Crippen LogP) is 2.49. The minimum atomic E-state index is -4.41. The van der Waals surface area contributed by atoms with Crippen molar-refractivity contribution in [2.75, 3.05) is 26.7 Å². The molecule has 0 unspecified atom stereocenters. The fourth-order valence-corrected chi connectivity index (χ4v) is 3.31. The largest absolute Gasteiger partial charge is 0.490 e. The summed E-state index contributed by atoms with van der Waals surface area (Å²) in [5.74, 6) is 0.0819. The zero-order chi connectivity index (χ0) is 19.6. The van der Waals surface area contributed by atoms with Crippen molar-refractivity contribution < 1.29 is 27.5 Å². The van der Waals surface area contributed by atoms with Gasteiger partial charge >= 0.3 is 12.2 Å². The highest BCUT2D eigenvalue weighted by molar-refractivity contribution is 5.88. The zero-order valence-corrected chi connectivity index (χ0v) is 15.0. The molecule has 0 saturated carbocycles. The van der Waals surface area contributed by atoms with Crippen molar-refractivity contribution in [3.05, 3.63) is 29.8 Å². The molecule has 3 rings (SSSR count). The van der Waals surface area contributed by atoms with Gasteiger partial charge in [-0.05, 0) is 24.6 Å². The van der Waals surface area contributed by atoms with Crippen LogP contribution in [0.1, 0.15) is 24.8 Å². The van der Waals surface area contributed by atoms with Gasteiger partial charge in [-0.2, -0.15) is 13.2 Å². The summed E-state index contributed by atoms with van der Waals surface area (Å²) < 4.78 is 44.0. The van der Waals surface area contributed by atoms with Gasteiger partial charge in [0.25, 0.3) is 0 Å². The Morgan fingerprint density at radius 2 is 1.89 bits per heavy atom. The number of likely N-dealkylation sites (N-methyl/N-ethyl adjacent to an activating group) is 1. The standard InChI is InChI=1S/C18H22F3N3O3/c1-23-8-7-15(16(23)25)22-17(26)24-9-5-13(6-10-24)27-14-4-2-3-12(11-14)18(19,20)21/h2-4,11,13,15H,5-10H2,1H3,(H,22,26)/t15-/m0/s1. The highest BCUT2D eigenvalue weighted by Crippen LogP contribution is 2.32. The van der Waals surface area contributed by atoms with Gasteiger partial charge in [0, 0.05) is 39.5 Å². The summed E-state index contributed by atoms with van der Waals surface area (Å²) in [4.78, 5) is 27.4. The van der Waals surface area contributed by atoms with E-state index in [-0.39, 0.29) is 23.8 Å². The summed E-state index contributed by atoms with van der Waals surface area (Å²) in [6.45, 7) is 1.47. The number of likely N-dealkylation sites (tertiary alicyclic amines) is 2. The maximum atomic E-state index is 12.8. The van der Waals surface area contributed by atoms with E-state index in [4.69, 9.17) is 4.74 Å². The van der Waals surface area contributed by atoms with Crippen LogP contribution in [0.2, 0.25) is 0 Å². The molecule has 0 bridgehead atoms. The monoisotopic (exact) mass is 385 g/mol. The van der Waals surface area contributed by atoms with Crippen LogP contribution in [0.4, 0.5) is 18.0 Å². The molecule has 148 valence electrons. The first-order valence-corrected chi connectivity index (χ1v) is 8.88. The number of rotatable bonds is 3. The summed E-state index contributed by atoms with van der Waals surface area (Å²) in [5.41, 5.74) is -0.747. The first kappa shape index (κ1) is 19.3. The molecule has 1 aromatic carbocycles. The van der Waals surface area contributed by atoms with E-state index in [0.717, 1.165) is 12.1 Å². The molecule has 1 N–H and O–H groups in total. The minimum Gasteiger partial charge on any atom is -0.490 e. The number of urea groups is 1. The lowest BCUT2D eigenvalue weighted by Gasteiger charge is -2.32. The average Bonchev–Trinajstić information content (AvgIpc) is 2.94. The second-order valence-electron chi connectivity index (χ2n) is 6.88. The molecule has 0 radical (unpaired) electrons. The van der Waals surface area contributed by atoms with E-state index in [1.165, 1.54) is 12.1 Å². The van der Waals surface area contributed by atoms with E-state index < -0.39 is 17.8 Å². The lowest BCUT2D eigenvalue weighted by atomic mass is 10.1. The summed E-state index contributed by atoms with van der Waals surface area (Å²) >= 11 is 0. The number of hydrogen-bond acceptors (Lipinski definition) is 3. The minimum absolute atomic E-state index is 0.0916. The number of nitrogens with zero attached hydrogens (tertiary/aromatic N) is 2. The molecule has 2 heterocycles. The predicted molar refractivity (Wildman–Crippen MR) is 91.2 cm³/mol. The van der Waals surface area contributed by atoms with Crippen LogP contribution in [-0.2, 0) is 11.0 Å². The molecule has 9 heteroatoms. The Balaban J connectivity index is 1.49. The number of benzene rings is 1. The molecule has 27 heavy (non-hydrogen) atoms. The summed E-state index contributed by atoms with van der Waals surface area (Å²) in [6, 6.07) is 4.03. The lowest BCUT2D eigenvalue weighted by molar-refractivity contribution is -0.137. The summed E-state index contributed by atoms with van der Waals surface area (Å²) in [5, 5.41) is 2.75. The fourth-order valence-electron chi connectivity index (χ4n) is 3.31. The molecule has 1 atom stereocenters. The quantitative estimate of drug-likeness (QED) is 0.870. The Hall–Kier alpha value is -2.45. The molecule has 3 amide bonds. The Morgan fingerprint density at radius 3 is 2.48 bits per heavy atom. The van der Waals surface area contributed by atoms with Crippen LogP contribution in [0.25, 0.3) is 0 Å². The van der Waals surface area contributed by atoms with Crippen molar-refractivity contribution in [1.82, 2.24) is 15.1 Å². The topological polar surface area (TPSA) is 61.9 Å².